The first-order valence-corrected chi connectivity index (χ1v) is 6.69. The van der Waals surface area contributed by atoms with Gasteiger partial charge in [0.15, 0.2) is 11.5 Å². The van der Waals surface area contributed by atoms with Gasteiger partial charge in [0, 0.05) is 26.6 Å². The number of benzene rings is 1. The summed E-state index contributed by atoms with van der Waals surface area (Å²) in [5.41, 5.74) is 3.40. The molecule has 20 heavy (non-hydrogen) atoms. The molecule has 0 saturated heterocycles. The predicted molar refractivity (Wildman–Crippen MR) is 77.9 cm³/mol. The number of fused-ring (bicyclic) bond motifs is 1. The molecule has 0 aromatic heterocycles. The minimum Gasteiger partial charge on any atom is -0.489 e. The van der Waals surface area contributed by atoms with Gasteiger partial charge in [-0.2, -0.15) is 0 Å². The average Bonchev–Trinajstić information content (AvgIpc) is 2.61. The van der Waals surface area contributed by atoms with E-state index < -0.39 is 0 Å². The van der Waals surface area contributed by atoms with Crippen LogP contribution in [0.4, 0.5) is 0 Å². The van der Waals surface area contributed by atoms with Crippen LogP contribution in [0.2, 0.25) is 5.02 Å². The number of ether oxygens (including phenoxy) is 2. The molecule has 0 bridgehead atoms. The average molecular weight is 297 g/mol. The molecule has 2 rings (SSSR count). The standard InChI is InChI=1S/C14H17ClN2O3/c1-17(2)16-13(18)5-4-10-8-11(15)14-12(9-10)19-6-3-7-20-14/h4-5,8-9H,3,6-7H2,1-2H3,(H,16,18)/b5-4+. The highest BCUT2D eigenvalue weighted by Crippen LogP contribution is 2.38. The molecule has 108 valence electrons. The van der Waals surface area contributed by atoms with Crippen molar-refractivity contribution >= 4 is 23.6 Å². The van der Waals surface area contributed by atoms with Gasteiger partial charge in [-0.3, -0.25) is 10.2 Å². The van der Waals surface area contributed by atoms with Crippen molar-refractivity contribution < 1.29 is 14.3 Å². The number of carbonyl (C=O) groups is 1. The van der Waals surface area contributed by atoms with E-state index in [4.69, 9.17) is 21.1 Å². The summed E-state index contributed by atoms with van der Waals surface area (Å²) in [4.78, 5) is 11.5. The van der Waals surface area contributed by atoms with Crippen molar-refractivity contribution in [3.63, 3.8) is 0 Å². The number of hydrogen-bond donors (Lipinski definition) is 1. The summed E-state index contributed by atoms with van der Waals surface area (Å²) in [6, 6.07) is 3.56. The lowest BCUT2D eigenvalue weighted by molar-refractivity contribution is -0.119. The fraction of sp³-hybridized carbons (Fsp3) is 0.357. The van der Waals surface area contributed by atoms with Gasteiger partial charge in [0.1, 0.15) is 0 Å². The molecule has 1 aromatic rings. The normalized spacial score (nSPS) is 14.4. The quantitative estimate of drug-likeness (QED) is 0.685. The Morgan fingerprint density at radius 2 is 2.10 bits per heavy atom. The monoisotopic (exact) mass is 296 g/mol. The molecule has 1 heterocycles. The maximum absolute atomic E-state index is 11.5. The summed E-state index contributed by atoms with van der Waals surface area (Å²) in [5, 5.41) is 2.06. The number of amides is 1. The van der Waals surface area contributed by atoms with Crippen molar-refractivity contribution in [2.24, 2.45) is 0 Å². The van der Waals surface area contributed by atoms with E-state index in [0.29, 0.717) is 29.7 Å². The fourth-order valence-electron chi connectivity index (χ4n) is 1.78. The van der Waals surface area contributed by atoms with Crippen LogP contribution in [0, 0.1) is 0 Å². The van der Waals surface area contributed by atoms with Gasteiger partial charge in [0.25, 0.3) is 5.91 Å². The first-order valence-electron chi connectivity index (χ1n) is 6.31. The Bertz CT molecular complexity index is 529. The molecule has 0 unspecified atom stereocenters. The Balaban J connectivity index is 2.17. The third kappa shape index (κ3) is 3.88. The second-order valence-electron chi connectivity index (χ2n) is 4.58. The highest BCUT2D eigenvalue weighted by Gasteiger charge is 2.14. The summed E-state index contributed by atoms with van der Waals surface area (Å²) in [7, 11) is 3.49. The first-order chi connectivity index (χ1) is 9.56. The molecule has 1 aliphatic rings. The molecule has 0 atom stereocenters. The van der Waals surface area contributed by atoms with E-state index in [1.165, 1.54) is 6.08 Å². The number of halogens is 1. The Hall–Kier alpha value is -1.72. The fourth-order valence-corrected chi connectivity index (χ4v) is 2.05. The largest absolute Gasteiger partial charge is 0.489 e. The predicted octanol–water partition coefficient (Wildman–Crippen LogP) is 2.11. The number of rotatable bonds is 3. The molecule has 1 N–H and O–H groups in total. The van der Waals surface area contributed by atoms with Crippen LogP contribution in [-0.2, 0) is 4.79 Å². The molecule has 6 heteroatoms. The van der Waals surface area contributed by atoms with Crippen molar-refractivity contribution in [3.8, 4) is 11.5 Å². The molecule has 1 aliphatic heterocycles. The number of hydrogen-bond acceptors (Lipinski definition) is 4. The maximum atomic E-state index is 11.5. The SMILES string of the molecule is CN(C)NC(=O)/C=C/c1cc(Cl)c2c(c1)OCCCO2. The number of nitrogens with one attached hydrogen (secondary N) is 1. The third-order valence-corrected chi connectivity index (χ3v) is 2.87. The van der Waals surface area contributed by atoms with E-state index in [0.717, 1.165) is 12.0 Å². The van der Waals surface area contributed by atoms with Crippen LogP contribution in [0.5, 0.6) is 11.5 Å². The Kier molecular flexibility index (Phi) is 4.87. The van der Waals surface area contributed by atoms with Gasteiger partial charge in [-0.1, -0.05) is 11.6 Å². The van der Waals surface area contributed by atoms with Gasteiger partial charge in [-0.25, -0.2) is 5.01 Å². The maximum Gasteiger partial charge on any atom is 0.258 e. The van der Waals surface area contributed by atoms with Gasteiger partial charge in [-0.05, 0) is 23.8 Å². The lowest BCUT2D eigenvalue weighted by Gasteiger charge is -2.10. The van der Waals surface area contributed by atoms with Crippen LogP contribution in [-0.4, -0.2) is 38.2 Å². The van der Waals surface area contributed by atoms with Gasteiger partial charge in [-0.15, -0.1) is 0 Å². The molecule has 5 nitrogen and oxygen atoms in total. The number of nitrogens with zero attached hydrogens (tertiary/aromatic N) is 1. The van der Waals surface area contributed by atoms with E-state index in [2.05, 4.69) is 5.43 Å². The van der Waals surface area contributed by atoms with E-state index in [9.17, 15) is 4.79 Å². The zero-order valence-electron chi connectivity index (χ0n) is 11.5. The van der Waals surface area contributed by atoms with Gasteiger partial charge < -0.3 is 9.47 Å². The molecule has 1 amide bonds. The van der Waals surface area contributed by atoms with Gasteiger partial charge >= 0.3 is 0 Å². The van der Waals surface area contributed by atoms with Crippen molar-refractivity contribution in [1.82, 2.24) is 10.4 Å². The topological polar surface area (TPSA) is 50.8 Å². The van der Waals surface area contributed by atoms with Gasteiger partial charge in [0.05, 0.1) is 18.2 Å². The number of carbonyl (C=O) groups excluding carboxylic acids is 1. The smallest absolute Gasteiger partial charge is 0.258 e. The third-order valence-electron chi connectivity index (χ3n) is 2.59. The molecule has 0 spiro atoms. The Morgan fingerprint density at radius 1 is 1.35 bits per heavy atom. The van der Waals surface area contributed by atoms with Crippen LogP contribution >= 0.6 is 11.6 Å². The van der Waals surface area contributed by atoms with Crippen molar-refractivity contribution in [3.05, 3.63) is 28.8 Å². The Morgan fingerprint density at radius 3 is 2.85 bits per heavy atom. The summed E-state index contributed by atoms with van der Waals surface area (Å²) >= 11 is 6.17. The summed E-state index contributed by atoms with van der Waals surface area (Å²) in [5.74, 6) is 0.972. The van der Waals surface area contributed by atoms with Crippen LogP contribution in [0.25, 0.3) is 6.08 Å². The zero-order chi connectivity index (χ0) is 14.5. The van der Waals surface area contributed by atoms with E-state index in [1.54, 1.807) is 31.2 Å². The Labute approximate surface area is 123 Å². The summed E-state index contributed by atoms with van der Waals surface area (Å²) in [6.45, 7) is 1.19. The second kappa shape index (κ2) is 6.63. The second-order valence-corrected chi connectivity index (χ2v) is 4.99. The highest BCUT2D eigenvalue weighted by molar-refractivity contribution is 6.32. The van der Waals surface area contributed by atoms with Crippen LogP contribution in [0.1, 0.15) is 12.0 Å². The molecular formula is C14H17ClN2O3. The summed E-state index contributed by atoms with van der Waals surface area (Å²) < 4.78 is 11.1. The summed E-state index contributed by atoms with van der Waals surface area (Å²) in [6.07, 6.45) is 3.94. The van der Waals surface area contributed by atoms with Crippen LogP contribution < -0.4 is 14.9 Å². The number of hydrazine groups is 1. The molecule has 0 saturated carbocycles. The molecule has 1 aromatic carbocycles. The zero-order valence-corrected chi connectivity index (χ0v) is 12.2. The molecule has 0 aliphatic carbocycles. The van der Waals surface area contributed by atoms with Crippen molar-refractivity contribution in [2.75, 3.05) is 27.3 Å². The van der Waals surface area contributed by atoms with Crippen LogP contribution in [0.3, 0.4) is 0 Å². The lowest BCUT2D eigenvalue weighted by atomic mass is 10.2. The highest BCUT2D eigenvalue weighted by atomic mass is 35.5. The molecule has 0 radical (unpaired) electrons. The van der Waals surface area contributed by atoms with Gasteiger partial charge in [0.2, 0.25) is 0 Å². The van der Waals surface area contributed by atoms with Crippen molar-refractivity contribution in [1.29, 1.82) is 0 Å². The lowest BCUT2D eigenvalue weighted by Crippen LogP contribution is -2.34. The van der Waals surface area contributed by atoms with Crippen LogP contribution in [0.15, 0.2) is 18.2 Å². The minimum atomic E-state index is -0.210. The minimum absolute atomic E-state index is 0.210. The first kappa shape index (κ1) is 14.7. The van der Waals surface area contributed by atoms with E-state index in [1.807, 2.05) is 6.07 Å². The molecular weight excluding hydrogens is 280 g/mol. The van der Waals surface area contributed by atoms with E-state index in [-0.39, 0.29) is 5.91 Å². The van der Waals surface area contributed by atoms with E-state index >= 15 is 0 Å². The molecule has 0 fully saturated rings. The van der Waals surface area contributed by atoms with Crippen molar-refractivity contribution in [2.45, 2.75) is 6.42 Å².